The Balaban J connectivity index is 1.78. The van der Waals surface area contributed by atoms with Gasteiger partial charge in [0.2, 0.25) is 0 Å². The number of benzene rings is 1. The van der Waals surface area contributed by atoms with Crippen LogP contribution >= 0.6 is 0 Å². The maximum atomic E-state index is 11.9. The summed E-state index contributed by atoms with van der Waals surface area (Å²) in [5, 5.41) is 0. The summed E-state index contributed by atoms with van der Waals surface area (Å²) in [5.74, 6) is -0.943. The average Bonchev–Trinajstić information content (AvgIpc) is 3.10. The summed E-state index contributed by atoms with van der Waals surface area (Å²) in [4.78, 5) is 23.3. The van der Waals surface area contributed by atoms with Crippen LogP contribution in [0.2, 0.25) is 0 Å². The number of esters is 2. The van der Waals surface area contributed by atoms with Gasteiger partial charge >= 0.3 is 11.9 Å². The van der Waals surface area contributed by atoms with E-state index in [0.717, 1.165) is 5.56 Å². The Morgan fingerprint density at radius 3 is 2.56 bits per heavy atom. The largest absolute Gasteiger partial charge is 0.467 e. The van der Waals surface area contributed by atoms with Crippen LogP contribution < -0.4 is 0 Å². The Labute approximate surface area is 145 Å². The van der Waals surface area contributed by atoms with Gasteiger partial charge in [0.25, 0.3) is 0 Å². The van der Waals surface area contributed by atoms with Gasteiger partial charge in [-0.15, -0.1) is 0 Å². The van der Waals surface area contributed by atoms with E-state index >= 15 is 0 Å². The molecule has 1 aliphatic heterocycles. The maximum absolute atomic E-state index is 11.9. The summed E-state index contributed by atoms with van der Waals surface area (Å²) in [6, 6.07) is 9.49. The predicted molar refractivity (Wildman–Crippen MR) is 85.4 cm³/mol. The van der Waals surface area contributed by atoms with Gasteiger partial charge in [-0.05, 0) is 6.08 Å². The first-order chi connectivity index (χ1) is 12.1. The zero-order chi connectivity index (χ0) is 17.8. The van der Waals surface area contributed by atoms with E-state index < -0.39 is 36.5 Å². The Hall–Kier alpha value is -2.22. The van der Waals surface area contributed by atoms with Crippen LogP contribution in [0.25, 0.3) is 0 Å². The summed E-state index contributed by atoms with van der Waals surface area (Å²) in [5.41, 5.74) is 1.31. The lowest BCUT2D eigenvalue weighted by Crippen LogP contribution is -2.41. The number of fused-ring (bicyclic) bond motifs is 1. The van der Waals surface area contributed by atoms with Crippen molar-refractivity contribution in [1.82, 2.24) is 0 Å². The van der Waals surface area contributed by atoms with Crippen LogP contribution in [0.4, 0.5) is 0 Å². The molecule has 0 radical (unpaired) electrons. The first-order valence-electron chi connectivity index (χ1n) is 7.95. The molecule has 0 amide bonds. The predicted octanol–water partition coefficient (Wildman–Crippen LogP) is 1.53. The fourth-order valence-corrected chi connectivity index (χ4v) is 2.94. The molecule has 0 saturated carbocycles. The molecule has 1 saturated heterocycles. The number of hydrogen-bond acceptors (Lipinski definition) is 7. The van der Waals surface area contributed by atoms with Gasteiger partial charge in [-0.1, -0.05) is 30.3 Å². The molecule has 0 unspecified atom stereocenters. The van der Waals surface area contributed by atoms with Crippen molar-refractivity contribution < 1.29 is 33.3 Å². The van der Waals surface area contributed by atoms with Crippen LogP contribution in [0, 0.1) is 0 Å². The molecule has 25 heavy (non-hydrogen) atoms. The van der Waals surface area contributed by atoms with Crippen molar-refractivity contribution in [3.63, 3.8) is 0 Å². The minimum absolute atomic E-state index is 0.224. The van der Waals surface area contributed by atoms with E-state index in [1.165, 1.54) is 14.2 Å². The third kappa shape index (κ3) is 3.89. The SMILES string of the molecule is COC(=O)CO[C@@H]1CC(C(=O)OC)=C[C@H]2O[C@@H](c3ccccc3)O[C@H]21. The van der Waals surface area contributed by atoms with Crippen molar-refractivity contribution in [3.8, 4) is 0 Å². The number of carbonyl (C=O) groups excluding carboxylic acids is 2. The van der Waals surface area contributed by atoms with Crippen LogP contribution in [0.3, 0.4) is 0 Å². The molecular formula is C18H20O7. The Bertz CT molecular complexity index is 655. The smallest absolute Gasteiger partial charge is 0.333 e. The summed E-state index contributed by atoms with van der Waals surface area (Å²) in [7, 11) is 2.61. The molecule has 0 aromatic heterocycles. The highest BCUT2D eigenvalue weighted by molar-refractivity contribution is 5.88. The zero-order valence-electron chi connectivity index (χ0n) is 14.0. The quantitative estimate of drug-likeness (QED) is 0.747. The first-order valence-corrected chi connectivity index (χ1v) is 7.95. The molecule has 4 atom stereocenters. The summed E-state index contributed by atoms with van der Waals surface area (Å²) in [6.45, 7) is -0.224. The summed E-state index contributed by atoms with van der Waals surface area (Å²) < 4.78 is 27.0. The Kier molecular flexibility index (Phi) is 5.47. The van der Waals surface area contributed by atoms with Crippen molar-refractivity contribution in [3.05, 3.63) is 47.5 Å². The molecule has 0 bridgehead atoms. The molecule has 1 heterocycles. The van der Waals surface area contributed by atoms with Crippen molar-refractivity contribution in [1.29, 1.82) is 0 Å². The van der Waals surface area contributed by atoms with Crippen molar-refractivity contribution in [2.24, 2.45) is 0 Å². The van der Waals surface area contributed by atoms with Crippen molar-refractivity contribution >= 4 is 11.9 Å². The third-order valence-corrected chi connectivity index (χ3v) is 4.20. The second-order valence-corrected chi connectivity index (χ2v) is 5.76. The van der Waals surface area contributed by atoms with E-state index in [1.807, 2.05) is 30.3 Å². The summed E-state index contributed by atoms with van der Waals surface area (Å²) >= 11 is 0. The third-order valence-electron chi connectivity index (χ3n) is 4.20. The normalized spacial score (nSPS) is 28.0. The lowest BCUT2D eigenvalue weighted by atomic mass is 9.92. The monoisotopic (exact) mass is 348 g/mol. The van der Waals surface area contributed by atoms with Gasteiger partial charge in [0, 0.05) is 17.6 Å². The second-order valence-electron chi connectivity index (χ2n) is 5.76. The molecule has 1 aromatic carbocycles. The molecule has 3 rings (SSSR count). The number of ether oxygens (including phenoxy) is 5. The average molecular weight is 348 g/mol. The standard InChI is InChI=1S/C18H20O7/c1-21-15(19)10-23-13-8-12(17(20)22-2)9-14-16(13)25-18(24-14)11-6-4-3-5-7-11/h3-7,9,13-14,16,18H,8,10H2,1-2H3/t13-,14-,16+,18-/m1/s1. The topological polar surface area (TPSA) is 80.3 Å². The number of rotatable bonds is 5. The van der Waals surface area contributed by atoms with Crippen LogP contribution in [-0.2, 0) is 33.3 Å². The molecule has 7 nitrogen and oxygen atoms in total. The van der Waals surface area contributed by atoms with Crippen LogP contribution in [-0.4, -0.2) is 51.1 Å². The van der Waals surface area contributed by atoms with E-state index in [2.05, 4.69) is 4.74 Å². The van der Waals surface area contributed by atoms with Crippen LogP contribution in [0.15, 0.2) is 42.0 Å². The van der Waals surface area contributed by atoms with E-state index in [4.69, 9.17) is 18.9 Å². The molecule has 7 heteroatoms. The lowest BCUT2D eigenvalue weighted by molar-refractivity contribution is -0.152. The first kappa shape index (κ1) is 17.6. The molecule has 2 aliphatic rings. The molecule has 0 N–H and O–H groups in total. The molecule has 134 valence electrons. The van der Waals surface area contributed by atoms with E-state index in [9.17, 15) is 9.59 Å². The second kappa shape index (κ2) is 7.77. The number of methoxy groups -OCH3 is 2. The van der Waals surface area contributed by atoms with Gasteiger partial charge in [-0.2, -0.15) is 0 Å². The van der Waals surface area contributed by atoms with Gasteiger partial charge in [-0.25, -0.2) is 9.59 Å². The van der Waals surface area contributed by atoms with Gasteiger partial charge < -0.3 is 23.7 Å². The van der Waals surface area contributed by atoms with E-state index in [0.29, 0.717) is 5.57 Å². The fraction of sp³-hybridized carbons (Fsp3) is 0.444. The van der Waals surface area contributed by atoms with Crippen LogP contribution in [0.5, 0.6) is 0 Å². The molecule has 1 aromatic rings. The lowest BCUT2D eigenvalue weighted by Gasteiger charge is -2.29. The minimum atomic E-state index is -0.561. The van der Waals surface area contributed by atoms with Gasteiger partial charge in [0.15, 0.2) is 6.29 Å². The minimum Gasteiger partial charge on any atom is -0.467 e. The zero-order valence-corrected chi connectivity index (χ0v) is 14.0. The molecule has 1 fully saturated rings. The molecule has 0 spiro atoms. The highest BCUT2D eigenvalue weighted by Crippen LogP contribution is 2.39. The Morgan fingerprint density at radius 2 is 1.88 bits per heavy atom. The highest BCUT2D eigenvalue weighted by Gasteiger charge is 2.45. The fourth-order valence-electron chi connectivity index (χ4n) is 2.94. The number of carbonyl (C=O) groups is 2. The van der Waals surface area contributed by atoms with E-state index in [-0.39, 0.29) is 13.0 Å². The van der Waals surface area contributed by atoms with Crippen molar-refractivity contribution in [2.45, 2.75) is 31.0 Å². The van der Waals surface area contributed by atoms with Crippen LogP contribution in [0.1, 0.15) is 18.3 Å². The maximum Gasteiger partial charge on any atom is 0.333 e. The van der Waals surface area contributed by atoms with Gasteiger partial charge in [0.1, 0.15) is 18.8 Å². The highest BCUT2D eigenvalue weighted by atomic mass is 16.7. The van der Waals surface area contributed by atoms with Gasteiger partial charge in [0.05, 0.1) is 20.3 Å². The molecule has 1 aliphatic carbocycles. The van der Waals surface area contributed by atoms with Gasteiger partial charge in [-0.3, -0.25) is 0 Å². The van der Waals surface area contributed by atoms with Crippen molar-refractivity contribution in [2.75, 3.05) is 20.8 Å². The molecular weight excluding hydrogens is 328 g/mol. The van der Waals surface area contributed by atoms with E-state index in [1.54, 1.807) is 6.08 Å². The number of hydrogen-bond donors (Lipinski definition) is 0. The summed E-state index contributed by atoms with van der Waals surface area (Å²) in [6.07, 6.45) is 0.0113. The Morgan fingerprint density at radius 1 is 1.12 bits per heavy atom.